The molecule has 1 aromatic carbocycles. The number of aliphatic hydroxyl groups excluding tert-OH is 1. The Bertz CT molecular complexity index is 1700. The summed E-state index contributed by atoms with van der Waals surface area (Å²) in [6.07, 6.45) is 11.0. The minimum absolute atomic E-state index is 0.00560. The molecule has 2 aromatic heterocycles. The summed E-state index contributed by atoms with van der Waals surface area (Å²) < 4.78 is 0. The van der Waals surface area contributed by atoms with E-state index in [9.17, 15) is 15.0 Å². The van der Waals surface area contributed by atoms with E-state index in [2.05, 4.69) is 51.7 Å². The number of rotatable bonds is 8. The van der Waals surface area contributed by atoms with Crippen LogP contribution >= 0.6 is 22.7 Å². The summed E-state index contributed by atoms with van der Waals surface area (Å²) in [5.41, 5.74) is 8.78. The number of nitrogens with one attached hydrogen (secondary N) is 2. The van der Waals surface area contributed by atoms with Gasteiger partial charge in [-0.25, -0.2) is 0 Å². The average molecular weight is 657 g/mol. The summed E-state index contributed by atoms with van der Waals surface area (Å²) >= 11 is 3.29. The van der Waals surface area contributed by atoms with E-state index in [1.165, 1.54) is 0 Å². The van der Waals surface area contributed by atoms with Gasteiger partial charge in [0, 0.05) is 40.0 Å². The minimum Gasteiger partial charge on any atom is -0.507 e. The zero-order valence-electron chi connectivity index (χ0n) is 26.8. The third-order valence-corrected chi connectivity index (χ3v) is 12.5. The van der Waals surface area contributed by atoms with Gasteiger partial charge in [-0.2, -0.15) is 0 Å². The topological polar surface area (TPSA) is 120 Å². The van der Waals surface area contributed by atoms with Gasteiger partial charge < -0.3 is 26.6 Å². The second kappa shape index (κ2) is 13.6. The zero-order chi connectivity index (χ0) is 32.4. The lowest BCUT2D eigenvalue weighted by molar-refractivity contribution is 0.0411. The number of nitrogens with two attached hydrogens (primary N) is 1. The number of aliphatic hydroxyl groups is 1. The first kappa shape index (κ1) is 32.4. The number of fused-ring (bicyclic) bond motifs is 1. The van der Waals surface area contributed by atoms with Gasteiger partial charge in [0.05, 0.1) is 21.9 Å². The zero-order valence-corrected chi connectivity index (χ0v) is 28.4. The lowest BCUT2D eigenvalue weighted by Crippen LogP contribution is -2.50. The number of Topliss-reactive ketones (excluding diaryl/α,β-unsaturated/α-hetero) is 1. The van der Waals surface area contributed by atoms with Crippen molar-refractivity contribution in [2.75, 3.05) is 12.4 Å². The van der Waals surface area contributed by atoms with Gasteiger partial charge in [0.25, 0.3) is 0 Å². The van der Waals surface area contributed by atoms with Crippen LogP contribution in [0, 0.1) is 29.1 Å². The molecule has 7 nitrogen and oxygen atoms in total. The van der Waals surface area contributed by atoms with E-state index in [1.807, 2.05) is 31.2 Å². The van der Waals surface area contributed by atoms with E-state index in [4.69, 9.17) is 5.73 Å². The Morgan fingerprint density at radius 3 is 2.67 bits per heavy atom. The quantitative estimate of drug-likeness (QED) is 0.0768. The summed E-state index contributed by atoms with van der Waals surface area (Å²) in [4.78, 5) is 22.6. The maximum absolute atomic E-state index is 14.2. The monoisotopic (exact) mass is 656 g/mol. The van der Waals surface area contributed by atoms with Crippen LogP contribution in [-0.4, -0.2) is 47.2 Å². The summed E-state index contributed by atoms with van der Waals surface area (Å²) in [6, 6.07) is 12.0. The van der Waals surface area contributed by atoms with E-state index in [0.717, 1.165) is 81.3 Å². The lowest BCUT2D eigenvalue weighted by Gasteiger charge is -2.46. The van der Waals surface area contributed by atoms with Gasteiger partial charge in [-0.1, -0.05) is 30.9 Å². The van der Waals surface area contributed by atoms with Crippen LogP contribution in [0.25, 0.3) is 15.8 Å². The van der Waals surface area contributed by atoms with Gasteiger partial charge in [-0.15, -0.1) is 28.6 Å². The van der Waals surface area contributed by atoms with Crippen molar-refractivity contribution in [2.45, 2.75) is 83.4 Å². The molecule has 0 amide bonds. The fourth-order valence-electron chi connectivity index (χ4n) is 7.93. The SMILES string of the molecule is CC#Cc1ccc(-c2ccc(C(=O)[C@H]3CC[C@H]([C@@H](Cc4cc(O)c5c(c4)N[C@H]([C@H](C)O)C=C5)NC(N)=NC)CC34CCCC4)s2)s1. The molecule has 2 saturated carbocycles. The molecule has 3 aliphatic rings. The van der Waals surface area contributed by atoms with Crippen molar-refractivity contribution < 1.29 is 15.0 Å². The second-order valence-corrected chi connectivity index (χ2v) is 15.3. The van der Waals surface area contributed by atoms with Crippen LogP contribution in [-0.2, 0) is 6.42 Å². The number of benzene rings is 1. The molecule has 5 atom stereocenters. The molecule has 0 bridgehead atoms. The highest BCUT2D eigenvalue weighted by Crippen LogP contribution is 2.56. The number of carbonyl (C=O) groups excluding carboxylic acids is 1. The molecule has 0 unspecified atom stereocenters. The van der Waals surface area contributed by atoms with Crippen LogP contribution in [0.1, 0.15) is 84.5 Å². The summed E-state index contributed by atoms with van der Waals surface area (Å²) in [6.45, 7) is 3.60. The molecule has 3 heterocycles. The number of carbonyl (C=O) groups is 1. The number of thiophene rings is 2. The van der Waals surface area contributed by atoms with Gasteiger partial charge in [0.2, 0.25) is 0 Å². The molecule has 2 fully saturated rings. The van der Waals surface area contributed by atoms with Crippen molar-refractivity contribution in [3.05, 3.63) is 63.4 Å². The number of hydrogen-bond acceptors (Lipinski definition) is 7. The first-order valence-electron chi connectivity index (χ1n) is 16.3. The van der Waals surface area contributed by atoms with Gasteiger partial charge in [-0.05, 0) is 106 Å². The molecule has 3 aromatic rings. The number of phenols is 1. The molecule has 1 spiro atoms. The molecular weight excluding hydrogens is 613 g/mol. The van der Waals surface area contributed by atoms with Gasteiger partial charge >= 0.3 is 0 Å². The second-order valence-electron chi connectivity index (χ2n) is 13.1. The highest BCUT2D eigenvalue weighted by atomic mass is 32.1. The maximum atomic E-state index is 14.2. The fraction of sp³-hybridized carbons (Fsp3) is 0.459. The summed E-state index contributed by atoms with van der Waals surface area (Å²) in [5.74, 6) is 7.32. The third-order valence-electron chi connectivity index (χ3n) is 10.2. The van der Waals surface area contributed by atoms with Crippen LogP contribution in [0.5, 0.6) is 5.75 Å². The summed E-state index contributed by atoms with van der Waals surface area (Å²) in [5, 5.41) is 27.9. The van der Waals surface area contributed by atoms with E-state index in [1.54, 1.807) is 36.6 Å². The molecule has 0 radical (unpaired) electrons. The Balaban J connectivity index is 1.23. The van der Waals surface area contributed by atoms with Gasteiger partial charge in [-0.3, -0.25) is 9.79 Å². The van der Waals surface area contributed by atoms with Crippen molar-refractivity contribution >= 4 is 46.2 Å². The number of aliphatic imine (C=N–C) groups is 1. The molecular formula is C37H44N4O3S2. The molecule has 6 N–H and O–H groups in total. The molecule has 46 heavy (non-hydrogen) atoms. The Hall–Kier alpha value is -3.58. The first-order chi connectivity index (χ1) is 22.2. The van der Waals surface area contributed by atoms with Crippen molar-refractivity contribution in [1.29, 1.82) is 0 Å². The van der Waals surface area contributed by atoms with Crippen molar-refractivity contribution in [3.8, 4) is 27.3 Å². The number of hydrogen-bond donors (Lipinski definition) is 5. The van der Waals surface area contributed by atoms with Crippen LogP contribution in [0.4, 0.5) is 5.69 Å². The van der Waals surface area contributed by atoms with E-state index in [0.29, 0.717) is 24.1 Å². The van der Waals surface area contributed by atoms with Gasteiger partial charge in [0.15, 0.2) is 11.7 Å². The molecule has 1 aliphatic heterocycles. The highest BCUT2D eigenvalue weighted by Gasteiger charge is 2.50. The number of aromatic hydroxyl groups is 1. The number of ketones is 1. The molecule has 0 saturated heterocycles. The van der Waals surface area contributed by atoms with Crippen molar-refractivity contribution in [3.63, 3.8) is 0 Å². The van der Waals surface area contributed by atoms with Crippen LogP contribution in [0.15, 0.2) is 47.5 Å². The predicted molar refractivity (Wildman–Crippen MR) is 191 cm³/mol. The summed E-state index contributed by atoms with van der Waals surface area (Å²) in [7, 11) is 1.69. The van der Waals surface area contributed by atoms with E-state index < -0.39 is 6.10 Å². The molecule has 9 heteroatoms. The smallest absolute Gasteiger partial charge is 0.188 e. The Morgan fingerprint density at radius 1 is 1.17 bits per heavy atom. The number of nitrogens with zero attached hydrogens (tertiary/aromatic N) is 1. The van der Waals surface area contributed by atoms with Crippen LogP contribution < -0.4 is 16.4 Å². The normalized spacial score (nSPS) is 23.2. The van der Waals surface area contributed by atoms with Gasteiger partial charge in [0.1, 0.15) is 5.75 Å². The van der Waals surface area contributed by atoms with E-state index in [-0.39, 0.29) is 29.2 Å². The predicted octanol–water partition coefficient (Wildman–Crippen LogP) is 7.05. The van der Waals surface area contributed by atoms with Crippen molar-refractivity contribution in [2.24, 2.45) is 28.0 Å². The lowest BCUT2D eigenvalue weighted by atomic mass is 9.59. The Morgan fingerprint density at radius 2 is 1.93 bits per heavy atom. The highest BCUT2D eigenvalue weighted by molar-refractivity contribution is 7.23. The average Bonchev–Trinajstić information content (AvgIpc) is 3.82. The largest absolute Gasteiger partial charge is 0.507 e. The Labute approximate surface area is 280 Å². The fourth-order valence-corrected chi connectivity index (χ4v) is 9.94. The Kier molecular flexibility index (Phi) is 9.60. The molecule has 242 valence electrons. The standard InChI is InChI=1S/C37H44N4O3S2/c1-4-7-25-9-13-32(45-25)33-14-15-34(46-33)35(44)27-11-8-24(21-37(27)16-5-6-17-37)29(41-36(38)39-3)18-23-19-30-26(31(43)20-23)10-12-28(40-30)22(2)42/h9-10,12-15,19-20,22,24,27-29,40,42-43H,5-6,8,11,16-18,21H2,1-3H3,(H3,38,39,41)/t22-,24-,27+,28-,29+/m0/s1. The number of anilines is 1. The minimum atomic E-state index is -0.560. The third kappa shape index (κ3) is 6.62. The van der Waals surface area contributed by atoms with Crippen molar-refractivity contribution in [1.82, 2.24) is 5.32 Å². The number of phenolic OH excluding ortho intramolecular Hbond substituents is 1. The molecule has 2 aliphatic carbocycles. The van der Waals surface area contributed by atoms with Crippen LogP contribution in [0.3, 0.4) is 0 Å². The molecule has 6 rings (SSSR count). The first-order valence-corrected chi connectivity index (χ1v) is 18.0. The van der Waals surface area contributed by atoms with E-state index >= 15 is 0 Å². The van der Waals surface area contributed by atoms with Crippen LogP contribution in [0.2, 0.25) is 0 Å². The maximum Gasteiger partial charge on any atom is 0.188 e. The number of guanidine groups is 1.